The minimum atomic E-state index is -0.393. The normalized spacial score (nSPS) is 16.5. The highest BCUT2D eigenvalue weighted by atomic mass is 35.5. The molecule has 0 saturated carbocycles. The highest BCUT2D eigenvalue weighted by Gasteiger charge is 2.36. The van der Waals surface area contributed by atoms with Gasteiger partial charge >= 0.3 is 0 Å². The Hall–Kier alpha value is -2.09. The Bertz CT molecular complexity index is 998. The van der Waals surface area contributed by atoms with E-state index in [1.165, 1.54) is 0 Å². The van der Waals surface area contributed by atoms with Crippen LogP contribution in [0.4, 0.5) is 5.69 Å². The number of benzene rings is 1. The van der Waals surface area contributed by atoms with E-state index in [9.17, 15) is 4.79 Å². The van der Waals surface area contributed by atoms with Crippen molar-refractivity contribution in [3.05, 3.63) is 50.9 Å². The van der Waals surface area contributed by atoms with Gasteiger partial charge in [-0.05, 0) is 49.2 Å². The van der Waals surface area contributed by atoms with Crippen LogP contribution < -0.4 is 16.5 Å². The molecule has 0 fully saturated rings. The number of furan rings is 1. The molecule has 4 N–H and O–H groups in total. The van der Waals surface area contributed by atoms with Crippen LogP contribution in [0.1, 0.15) is 47.7 Å². The molecular formula is C19H20Cl2N4O2S. The molecule has 3 rings (SSSR count). The van der Waals surface area contributed by atoms with Crippen molar-refractivity contribution in [3.8, 4) is 0 Å². The first-order valence-electron chi connectivity index (χ1n) is 8.58. The molecule has 6 nitrogen and oxygen atoms in total. The number of fused-ring (bicyclic) bond motifs is 1. The molecule has 2 aromatic rings. The molecule has 1 heterocycles. The zero-order valence-electron chi connectivity index (χ0n) is 15.7. The van der Waals surface area contributed by atoms with Gasteiger partial charge in [-0.1, -0.05) is 37.0 Å². The fraction of sp³-hybridized carbons (Fsp3) is 0.316. The van der Waals surface area contributed by atoms with Crippen molar-refractivity contribution in [2.75, 3.05) is 5.32 Å². The quantitative estimate of drug-likeness (QED) is 0.478. The summed E-state index contributed by atoms with van der Waals surface area (Å²) in [5.41, 5.74) is 10.8. The van der Waals surface area contributed by atoms with Gasteiger partial charge < -0.3 is 15.5 Å². The Morgan fingerprint density at radius 1 is 1.32 bits per heavy atom. The molecule has 0 aliphatic heterocycles. The first-order chi connectivity index (χ1) is 13.1. The third kappa shape index (κ3) is 4.32. The van der Waals surface area contributed by atoms with Gasteiger partial charge in [0.15, 0.2) is 10.9 Å². The molecule has 0 bridgehead atoms. The van der Waals surface area contributed by atoms with E-state index in [1.807, 2.05) is 6.92 Å². The van der Waals surface area contributed by atoms with E-state index in [1.54, 1.807) is 18.2 Å². The predicted molar refractivity (Wildman–Crippen MR) is 116 cm³/mol. The van der Waals surface area contributed by atoms with Crippen LogP contribution in [-0.4, -0.2) is 16.7 Å². The number of hydrogen-bond acceptors (Lipinski definition) is 4. The molecule has 9 heteroatoms. The van der Waals surface area contributed by atoms with Crippen LogP contribution >= 0.6 is 35.4 Å². The van der Waals surface area contributed by atoms with E-state index >= 15 is 0 Å². The standard InChI is InChI=1S/C19H20Cl2N4O2S/c1-9-15-13(24-25-18(22)28)7-19(2,3)8-14(15)27-16(9)17(26)23-12-5-4-10(20)6-11(12)21/h4-6H,7-8H2,1-3H3,(H,23,26)(H3,22,25,28)/b24-13-. The van der Waals surface area contributed by atoms with Crippen molar-refractivity contribution < 1.29 is 9.21 Å². The van der Waals surface area contributed by atoms with Crippen LogP contribution in [0.15, 0.2) is 27.7 Å². The third-order valence-electron chi connectivity index (χ3n) is 4.48. The summed E-state index contributed by atoms with van der Waals surface area (Å²) in [6, 6.07) is 4.86. The van der Waals surface area contributed by atoms with E-state index in [2.05, 4.69) is 29.7 Å². The van der Waals surface area contributed by atoms with Crippen LogP contribution in [0.3, 0.4) is 0 Å². The van der Waals surface area contributed by atoms with Gasteiger partial charge in [0, 0.05) is 22.6 Å². The molecule has 1 aliphatic rings. The molecule has 1 aromatic carbocycles. The zero-order valence-corrected chi connectivity index (χ0v) is 18.0. The topological polar surface area (TPSA) is 92.6 Å². The average Bonchev–Trinajstić information content (AvgIpc) is 2.90. The number of rotatable bonds is 3. The summed E-state index contributed by atoms with van der Waals surface area (Å²) in [6.45, 7) is 6.05. The van der Waals surface area contributed by atoms with Crippen molar-refractivity contribution >= 4 is 57.8 Å². The highest BCUT2D eigenvalue weighted by molar-refractivity contribution is 7.80. The Kier molecular flexibility index (Phi) is 5.70. The number of nitrogens with two attached hydrogens (primary N) is 1. The number of nitrogens with one attached hydrogen (secondary N) is 2. The Morgan fingerprint density at radius 3 is 2.68 bits per heavy atom. The van der Waals surface area contributed by atoms with Crippen LogP contribution in [0.2, 0.25) is 10.0 Å². The minimum absolute atomic E-state index is 0.0777. The molecule has 1 amide bonds. The van der Waals surface area contributed by atoms with Crippen LogP contribution in [-0.2, 0) is 6.42 Å². The van der Waals surface area contributed by atoms with Crippen LogP contribution in [0, 0.1) is 12.3 Å². The van der Waals surface area contributed by atoms with Crippen molar-refractivity contribution in [1.29, 1.82) is 0 Å². The Labute approximate surface area is 178 Å². The minimum Gasteiger partial charge on any atom is -0.455 e. The summed E-state index contributed by atoms with van der Waals surface area (Å²) < 4.78 is 5.95. The number of carbonyl (C=O) groups is 1. The van der Waals surface area contributed by atoms with Gasteiger partial charge in [0.05, 0.1) is 16.4 Å². The van der Waals surface area contributed by atoms with E-state index in [0.717, 1.165) is 11.3 Å². The Morgan fingerprint density at radius 2 is 2.04 bits per heavy atom. The summed E-state index contributed by atoms with van der Waals surface area (Å²) in [4.78, 5) is 12.8. The molecule has 28 heavy (non-hydrogen) atoms. The molecule has 148 valence electrons. The summed E-state index contributed by atoms with van der Waals surface area (Å²) in [5.74, 6) is 0.539. The highest BCUT2D eigenvalue weighted by Crippen LogP contribution is 2.39. The largest absolute Gasteiger partial charge is 0.455 e. The lowest BCUT2D eigenvalue weighted by molar-refractivity contribution is 0.0993. The van der Waals surface area contributed by atoms with Gasteiger partial charge in [-0.15, -0.1) is 0 Å². The van der Waals surface area contributed by atoms with E-state index < -0.39 is 5.91 Å². The summed E-state index contributed by atoms with van der Waals surface area (Å²) in [5, 5.41) is 8.01. The maximum atomic E-state index is 12.8. The second-order valence-corrected chi connectivity index (χ2v) is 8.77. The van der Waals surface area contributed by atoms with Crippen molar-refractivity contribution in [3.63, 3.8) is 0 Å². The summed E-state index contributed by atoms with van der Waals surface area (Å²) >= 11 is 16.9. The van der Waals surface area contributed by atoms with Gasteiger partial charge in [0.25, 0.3) is 5.91 Å². The van der Waals surface area contributed by atoms with Gasteiger partial charge in [0.2, 0.25) is 0 Å². The third-order valence-corrected chi connectivity index (χ3v) is 5.12. The lowest BCUT2D eigenvalue weighted by atomic mass is 9.75. The monoisotopic (exact) mass is 438 g/mol. The molecule has 1 aliphatic carbocycles. The molecule has 0 unspecified atom stereocenters. The molecule has 1 aromatic heterocycles. The Balaban J connectivity index is 1.97. The fourth-order valence-electron chi connectivity index (χ4n) is 3.32. The van der Waals surface area contributed by atoms with Crippen LogP contribution in [0.5, 0.6) is 0 Å². The summed E-state index contributed by atoms with van der Waals surface area (Å²) in [7, 11) is 0. The van der Waals surface area contributed by atoms with E-state index in [4.69, 9.17) is 45.6 Å². The number of hydrogen-bond donors (Lipinski definition) is 3. The van der Waals surface area contributed by atoms with E-state index in [-0.39, 0.29) is 16.3 Å². The predicted octanol–water partition coefficient (Wildman–Crippen LogP) is 4.66. The second-order valence-electron chi connectivity index (χ2n) is 7.48. The number of halogens is 2. The second kappa shape index (κ2) is 7.73. The van der Waals surface area contributed by atoms with Crippen LogP contribution in [0.25, 0.3) is 0 Å². The molecular weight excluding hydrogens is 419 g/mol. The molecule has 0 saturated heterocycles. The van der Waals surface area contributed by atoms with Gasteiger partial charge in [-0.3, -0.25) is 10.2 Å². The van der Waals surface area contributed by atoms with Gasteiger partial charge in [-0.2, -0.15) is 5.10 Å². The number of nitrogens with zero attached hydrogens (tertiary/aromatic N) is 1. The first kappa shape index (κ1) is 20.6. The molecule has 0 radical (unpaired) electrons. The number of carbonyl (C=O) groups excluding carboxylic acids is 1. The SMILES string of the molecule is Cc1c(C(=O)Nc2ccc(Cl)cc2Cl)oc2c1/C(=N\NC(N)=S)CC(C)(C)C2. The number of hydrazone groups is 1. The smallest absolute Gasteiger partial charge is 0.291 e. The van der Waals surface area contributed by atoms with E-state index in [0.29, 0.717) is 39.9 Å². The first-order valence-corrected chi connectivity index (χ1v) is 9.75. The lowest BCUT2D eigenvalue weighted by Crippen LogP contribution is -2.31. The average molecular weight is 439 g/mol. The van der Waals surface area contributed by atoms with Crippen molar-refractivity contribution in [2.45, 2.75) is 33.6 Å². The number of thiocarbonyl (C=S) groups is 1. The zero-order chi connectivity index (χ0) is 20.6. The van der Waals surface area contributed by atoms with Crippen molar-refractivity contribution in [2.24, 2.45) is 16.3 Å². The van der Waals surface area contributed by atoms with Gasteiger partial charge in [-0.25, -0.2) is 0 Å². The number of amides is 1. The summed E-state index contributed by atoms with van der Waals surface area (Å²) in [6.07, 6.45) is 1.38. The van der Waals surface area contributed by atoms with Crippen molar-refractivity contribution in [1.82, 2.24) is 5.43 Å². The maximum absolute atomic E-state index is 12.8. The number of anilines is 1. The fourth-order valence-corrected chi connectivity index (χ4v) is 3.82. The molecule has 0 atom stereocenters. The van der Waals surface area contributed by atoms with Gasteiger partial charge in [0.1, 0.15) is 5.76 Å². The lowest BCUT2D eigenvalue weighted by Gasteiger charge is -2.29. The maximum Gasteiger partial charge on any atom is 0.291 e. The molecule has 0 spiro atoms.